The van der Waals surface area contributed by atoms with Crippen LogP contribution in [0.2, 0.25) is 0 Å². The van der Waals surface area contributed by atoms with Gasteiger partial charge in [0.2, 0.25) is 0 Å². The van der Waals surface area contributed by atoms with Gasteiger partial charge in [0.1, 0.15) is 0 Å². The zero-order valence-corrected chi connectivity index (χ0v) is 11.2. The molecular weight excluding hydrogens is 226 g/mol. The molecule has 0 bridgehead atoms. The third-order valence-electron chi connectivity index (χ3n) is 4.13. The van der Waals surface area contributed by atoms with E-state index in [1.54, 1.807) is 11.1 Å². The van der Waals surface area contributed by atoms with Gasteiger partial charge in [0.05, 0.1) is 0 Å². The minimum absolute atomic E-state index is 0.682. The molecule has 1 unspecified atom stereocenters. The summed E-state index contributed by atoms with van der Waals surface area (Å²) in [7, 11) is 0. The summed E-state index contributed by atoms with van der Waals surface area (Å²) in [5, 5.41) is 5.92. The average molecular weight is 247 g/mol. The zero-order chi connectivity index (χ0) is 11.5. The Bertz CT molecular complexity index is 387. The molecule has 1 aromatic heterocycles. The number of hydrogen-bond donors (Lipinski definition) is 1. The zero-order valence-electron chi connectivity index (χ0n) is 10.4. The minimum Gasteiger partial charge on any atom is -0.310 e. The molecule has 0 saturated heterocycles. The maximum absolute atomic E-state index is 3.73. The second-order valence-electron chi connectivity index (χ2n) is 5.21. The molecule has 2 heterocycles. The quantitative estimate of drug-likeness (QED) is 0.798. The number of hydrogen-bond acceptors (Lipinski definition) is 2. The lowest BCUT2D eigenvalue weighted by molar-refractivity contribution is 0.458. The Balaban J connectivity index is 1.66. The molecule has 0 radical (unpaired) electrons. The lowest BCUT2D eigenvalue weighted by Crippen LogP contribution is -2.37. The molecule has 0 saturated carbocycles. The normalized spacial score (nSPS) is 24.8. The summed E-state index contributed by atoms with van der Waals surface area (Å²) in [6.07, 6.45) is 9.42. The van der Waals surface area contributed by atoms with Crippen LogP contribution >= 0.6 is 11.3 Å². The van der Waals surface area contributed by atoms with Crippen LogP contribution in [0.15, 0.2) is 28.7 Å². The number of nitrogens with one attached hydrogen (secondary N) is 1. The number of thiophene rings is 1. The van der Waals surface area contributed by atoms with Crippen molar-refractivity contribution in [1.82, 2.24) is 5.32 Å². The molecule has 1 atom stereocenters. The van der Waals surface area contributed by atoms with E-state index < -0.39 is 0 Å². The molecule has 1 aromatic rings. The first-order chi connectivity index (χ1) is 8.43. The van der Waals surface area contributed by atoms with Crippen molar-refractivity contribution < 1.29 is 0 Å². The molecule has 0 fully saturated rings. The van der Waals surface area contributed by atoms with E-state index in [0.717, 1.165) is 0 Å². The van der Waals surface area contributed by atoms with Crippen molar-refractivity contribution in [3.05, 3.63) is 33.5 Å². The van der Waals surface area contributed by atoms with Gasteiger partial charge in [-0.1, -0.05) is 17.2 Å². The highest BCUT2D eigenvalue weighted by molar-refractivity contribution is 7.09. The van der Waals surface area contributed by atoms with Crippen LogP contribution in [0.5, 0.6) is 0 Å². The standard InChI is InChI=1S/C15H21NS/c1-2-6-14-12(4-1)9-10-16-15(14)8-7-13-5-3-11-17-13/h3,5,11,15-16H,1-2,4,6-10H2. The first-order valence-corrected chi connectivity index (χ1v) is 7.78. The van der Waals surface area contributed by atoms with Gasteiger partial charge in [0, 0.05) is 10.9 Å². The fourth-order valence-electron chi connectivity index (χ4n) is 3.24. The van der Waals surface area contributed by atoms with E-state index >= 15 is 0 Å². The van der Waals surface area contributed by atoms with Crippen LogP contribution in [0.25, 0.3) is 0 Å². The van der Waals surface area contributed by atoms with E-state index in [2.05, 4.69) is 22.8 Å². The predicted octanol–water partition coefficient (Wildman–Crippen LogP) is 3.91. The van der Waals surface area contributed by atoms with Gasteiger partial charge >= 0.3 is 0 Å². The monoisotopic (exact) mass is 247 g/mol. The highest BCUT2D eigenvalue weighted by Gasteiger charge is 2.24. The van der Waals surface area contributed by atoms with Crippen molar-refractivity contribution in [2.75, 3.05) is 6.54 Å². The fourth-order valence-corrected chi connectivity index (χ4v) is 3.96. The molecule has 0 amide bonds. The third-order valence-corrected chi connectivity index (χ3v) is 5.06. The van der Waals surface area contributed by atoms with Crippen LogP contribution in [-0.2, 0) is 6.42 Å². The van der Waals surface area contributed by atoms with Crippen LogP contribution in [0.1, 0.15) is 43.4 Å². The summed E-state index contributed by atoms with van der Waals surface area (Å²) >= 11 is 1.90. The molecule has 1 aliphatic heterocycles. The Labute approximate surface area is 108 Å². The minimum atomic E-state index is 0.682. The molecule has 0 spiro atoms. The van der Waals surface area contributed by atoms with Gasteiger partial charge in [0.25, 0.3) is 0 Å². The van der Waals surface area contributed by atoms with Crippen molar-refractivity contribution in [3.8, 4) is 0 Å². The van der Waals surface area contributed by atoms with E-state index in [4.69, 9.17) is 0 Å². The predicted molar refractivity (Wildman–Crippen MR) is 74.5 cm³/mol. The summed E-state index contributed by atoms with van der Waals surface area (Å²) in [5.41, 5.74) is 3.57. The summed E-state index contributed by atoms with van der Waals surface area (Å²) in [6.45, 7) is 1.20. The van der Waals surface area contributed by atoms with Gasteiger partial charge in [-0.2, -0.15) is 0 Å². The number of rotatable bonds is 3. The van der Waals surface area contributed by atoms with Crippen LogP contribution < -0.4 is 5.32 Å². The second kappa shape index (κ2) is 5.36. The van der Waals surface area contributed by atoms with E-state index in [0.29, 0.717) is 6.04 Å². The summed E-state index contributed by atoms with van der Waals surface area (Å²) in [4.78, 5) is 1.54. The Kier molecular flexibility index (Phi) is 3.62. The van der Waals surface area contributed by atoms with Gasteiger partial charge < -0.3 is 5.32 Å². The Morgan fingerprint density at radius 1 is 1.24 bits per heavy atom. The average Bonchev–Trinajstić information content (AvgIpc) is 2.89. The van der Waals surface area contributed by atoms with Gasteiger partial charge in [-0.25, -0.2) is 0 Å². The second-order valence-corrected chi connectivity index (χ2v) is 6.24. The van der Waals surface area contributed by atoms with Crippen molar-refractivity contribution in [3.63, 3.8) is 0 Å². The molecular formula is C15H21NS. The van der Waals surface area contributed by atoms with Crippen molar-refractivity contribution >= 4 is 11.3 Å². The Morgan fingerprint density at radius 2 is 2.18 bits per heavy atom. The molecule has 1 N–H and O–H groups in total. The molecule has 17 heavy (non-hydrogen) atoms. The molecule has 1 aliphatic carbocycles. The SMILES string of the molecule is c1csc(CCC2NCCC3=C2CCCC3)c1. The summed E-state index contributed by atoms with van der Waals surface area (Å²) in [5.74, 6) is 0. The summed E-state index contributed by atoms with van der Waals surface area (Å²) in [6, 6.07) is 5.12. The maximum atomic E-state index is 3.73. The molecule has 0 aromatic carbocycles. The molecule has 2 aliphatic rings. The van der Waals surface area contributed by atoms with E-state index in [9.17, 15) is 0 Å². The van der Waals surface area contributed by atoms with E-state index in [1.807, 2.05) is 11.3 Å². The topological polar surface area (TPSA) is 12.0 Å². The molecule has 1 nitrogen and oxygen atoms in total. The highest BCUT2D eigenvalue weighted by Crippen LogP contribution is 2.33. The van der Waals surface area contributed by atoms with Gasteiger partial charge in [0.15, 0.2) is 0 Å². The smallest absolute Gasteiger partial charge is 0.0285 e. The van der Waals surface area contributed by atoms with Gasteiger partial charge in [-0.3, -0.25) is 0 Å². The van der Waals surface area contributed by atoms with Crippen LogP contribution in [0.4, 0.5) is 0 Å². The fraction of sp³-hybridized carbons (Fsp3) is 0.600. The first-order valence-electron chi connectivity index (χ1n) is 6.90. The lowest BCUT2D eigenvalue weighted by Gasteiger charge is -2.33. The maximum Gasteiger partial charge on any atom is 0.0285 e. The van der Waals surface area contributed by atoms with Crippen molar-refractivity contribution in [1.29, 1.82) is 0 Å². The van der Waals surface area contributed by atoms with Crippen molar-refractivity contribution in [2.24, 2.45) is 0 Å². The van der Waals surface area contributed by atoms with Crippen molar-refractivity contribution in [2.45, 2.75) is 51.0 Å². The largest absolute Gasteiger partial charge is 0.310 e. The van der Waals surface area contributed by atoms with Crippen LogP contribution in [0, 0.1) is 0 Å². The molecule has 2 heteroatoms. The number of aryl methyl sites for hydroxylation is 1. The van der Waals surface area contributed by atoms with Gasteiger partial charge in [-0.05, 0) is 62.9 Å². The highest BCUT2D eigenvalue weighted by atomic mass is 32.1. The Morgan fingerprint density at radius 3 is 3.06 bits per heavy atom. The van der Waals surface area contributed by atoms with E-state index in [1.165, 1.54) is 56.4 Å². The van der Waals surface area contributed by atoms with Crippen LogP contribution in [-0.4, -0.2) is 12.6 Å². The van der Waals surface area contributed by atoms with Gasteiger partial charge in [-0.15, -0.1) is 11.3 Å². The summed E-state index contributed by atoms with van der Waals surface area (Å²) < 4.78 is 0. The first kappa shape index (κ1) is 11.5. The molecule has 3 rings (SSSR count). The third kappa shape index (κ3) is 2.63. The lowest BCUT2D eigenvalue weighted by atomic mass is 9.82. The molecule has 92 valence electrons. The van der Waals surface area contributed by atoms with E-state index in [-0.39, 0.29) is 0 Å². The van der Waals surface area contributed by atoms with Crippen LogP contribution in [0.3, 0.4) is 0 Å². The Hall–Kier alpha value is -0.600.